The minimum atomic E-state index is -0.530. The maximum atomic E-state index is 13.8. The third kappa shape index (κ3) is 5.97. The van der Waals surface area contributed by atoms with Gasteiger partial charge in [0, 0.05) is 15.5 Å². The highest BCUT2D eigenvalue weighted by Gasteiger charge is 2.27. The van der Waals surface area contributed by atoms with Gasteiger partial charge < -0.3 is 10.2 Å². The first-order chi connectivity index (χ1) is 18.9. The largest absolute Gasteiger partial charge is 0.322 e. The van der Waals surface area contributed by atoms with Gasteiger partial charge in [-0.25, -0.2) is 9.78 Å². The molecule has 1 heterocycles. The van der Waals surface area contributed by atoms with Gasteiger partial charge in [0.2, 0.25) is 0 Å². The third-order valence-electron chi connectivity index (χ3n) is 6.59. The van der Waals surface area contributed by atoms with Gasteiger partial charge in [-0.15, -0.1) is 0 Å². The van der Waals surface area contributed by atoms with Crippen molar-refractivity contribution < 1.29 is 4.79 Å². The molecule has 1 atom stereocenters. The summed E-state index contributed by atoms with van der Waals surface area (Å²) in [4.78, 5) is 34.3. The SMILES string of the molecule is CC(c1nc2ccccc2c(=O)n1-c1ccc(Br)cc1)N(CCc1ccccc1)C(=O)Nc1ccccc1Br. The average molecular weight is 646 g/mol. The number of carbonyl (C=O) groups excluding carboxylic acids is 1. The van der Waals surface area contributed by atoms with Crippen LogP contribution in [-0.2, 0) is 6.42 Å². The van der Waals surface area contributed by atoms with Crippen LogP contribution in [-0.4, -0.2) is 27.0 Å². The van der Waals surface area contributed by atoms with Crippen molar-refractivity contribution in [3.63, 3.8) is 0 Å². The number of fused-ring (bicyclic) bond motifs is 1. The van der Waals surface area contributed by atoms with E-state index in [0.29, 0.717) is 41.1 Å². The van der Waals surface area contributed by atoms with E-state index in [2.05, 4.69) is 37.2 Å². The summed E-state index contributed by atoms with van der Waals surface area (Å²) in [5, 5.41) is 3.55. The smallest absolute Gasteiger partial charge is 0.314 e. The fourth-order valence-electron chi connectivity index (χ4n) is 4.52. The Morgan fingerprint density at radius 3 is 2.31 bits per heavy atom. The van der Waals surface area contributed by atoms with Crippen LogP contribution in [0.2, 0.25) is 0 Å². The van der Waals surface area contributed by atoms with Crippen molar-refractivity contribution >= 4 is 54.5 Å². The first-order valence-corrected chi connectivity index (χ1v) is 14.1. The van der Waals surface area contributed by atoms with E-state index in [1.165, 1.54) is 0 Å². The van der Waals surface area contributed by atoms with Crippen LogP contribution in [0, 0.1) is 0 Å². The van der Waals surface area contributed by atoms with Gasteiger partial charge in [0.25, 0.3) is 5.56 Å². The van der Waals surface area contributed by atoms with Gasteiger partial charge in [-0.3, -0.25) is 9.36 Å². The second-order valence-electron chi connectivity index (χ2n) is 9.12. The highest BCUT2D eigenvalue weighted by atomic mass is 79.9. The van der Waals surface area contributed by atoms with Crippen LogP contribution in [0.25, 0.3) is 16.6 Å². The molecular formula is C31H26Br2N4O2. The van der Waals surface area contributed by atoms with Crippen molar-refractivity contribution in [3.8, 4) is 5.69 Å². The highest BCUT2D eigenvalue weighted by Crippen LogP contribution is 2.27. The number of nitrogens with zero attached hydrogens (tertiary/aromatic N) is 3. The van der Waals surface area contributed by atoms with Gasteiger partial charge in [0.1, 0.15) is 5.82 Å². The summed E-state index contributed by atoms with van der Waals surface area (Å²) in [6.07, 6.45) is 0.644. The molecule has 2 amide bonds. The van der Waals surface area contributed by atoms with Crippen LogP contribution in [0.15, 0.2) is 117 Å². The molecule has 6 nitrogen and oxygen atoms in total. The van der Waals surface area contributed by atoms with Crippen molar-refractivity contribution in [2.75, 3.05) is 11.9 Å². The minimum Gasteiger partial charge on any atom is -0.314 e. The number of carbonyl (C=O) groups is 1. The molecule has 1 unspecified atom stereocenters. The molecule has 0 saturated heterocycles. The molecule has 5 aromatic rings. The molecule has 0 aliphatic rings. The zero-order valence-corrected chi connectivity index (χ0v) is 24.4. The summed E-state index contributed by atoms with van der Waals surface area (Å²) < 4.78 is 3.30. The lowest BCUT2D eigenvalue weighted by Crippen LogP contribution is -2.41. The second kappa shape index (κ2) is 12.0. The Balaban J connectivity index is 1.61. The lowest BCUT2D eigenvalue weighted by atomic mass is 10.1. The fraction of sp³-hybridized carbons (Fsp3) is 0.129. The average Bonchev–Trinajstić information content (AvgIpc) is 2.95. The Hall–Kier alpha value is -3.75. The Labute approximate surface area is 243 Å². The molecule has 196 valence electrons. The topological polar surface area (TPSA) is 67.2 Å². The second-order valence-corrected chi connectivity index (χ2v) is 10.9. The number of hydrogen-bond acceptors (Lipinski definition) is 3. The van der Waals surface area contributed by atoms with Crippen LogP contribution in [0.5, 0.6) is 0 Å². The summed E-state index contributed by atoms with van der Waals surface area (Å²) in [5.74, 6) is 0.483. The number of hydrogen-bond donors (Lipinski definition) is 1. The van der Waals surface area contributed by atoms with Gasteiger partial charge in [-0.1, -0.05) is 70.5 Å². The summed E-state index contributed by atoms with van der Waals surface area (Å²) in [6.45, 7) is 2.33. The molecular weight excluding hydrogens is 620 g/mol. The van der Waals surface area contributed by atoms with E-state index in [1.807, 2.05) is 104 Å². The fourth-order valence-corrected chi connectivity index (χ4v) is 5.17. The molecule has 0 aliphatic heterocycles. The maximum Gasteiger partial charge on any atom is 0.322 e. The summed E-state index contributed by atoms with van der Waals surface area (Å²) >= 11 is 7.00. The zero-order valence-electron chi connectivity index (χ0n) is 21.2. The Morgan fingerprint density at radius 1 is 0.897 bits per heavy atom. The quantitative estimate of drug-likeness (QED) is 0.197. The number of rotatable bonds is 7. The molecule has 0 saturated carbocycles. The Kier molecular flexibility index (Phi) is 8.24. The number of anilines is 1. The van der Waals surface area contributed by atoms with E-state index in [-0.39, 0.29) is 11.6 Å². The van der Waals surface area contributed by atoms with Gasteiger partial charge in [-0.2, -0.15) is 0 Å². The number of urea groups is 1. The molecule has 0 spiro atoms. The normalized spacial score (nSPS) is 11.8. The van der Waals surface area contributed by atoms with Gasteiger partial charge in [0.05, 0.1) is 28.3 Å². The predicted molar refractivity (Wildman–Crippen MR) is 163 cm³/mol. The van der Waals surface area contributed by atoms with Crippen molar-refractivity contribution in [1.29, 1.82) is 0 Å². The number of aromatic nitrogens is 2. The molecule has 0 fully saturated rings. The van der Waals surface area contributed by atoms with Gasteiger partial charge in [-0.05, 0) is 83.4 Å². The molecule has 1 aromatic heterocycles. The number of nitrogens with one attached hydrogen (secondary N) is 1. The number of amides is 2. The van der Waals surface area contributed by atoms with E-state index >= 15 is 0 Å². The molecule has 4 aromatic carbocycles. The van der Waals surface area contributed by atoms with Crippen LogP contribution >= 0.6 is 31.9 Å². The molecule has 0 aliphatic carbocycles. The minimum absolute atomic E-state index is 0.181. The van der Waals surface area contributed by atoms with Crippen LogP contribution in [0.3, 0.4) is 0 Å². The highest BCUT2D eigenvalue weighted by molar-refractivity contribution is 9.10. The van der Waals surface area contributed by atoms with Gasteiger partial charge in [0.15, 0.2) is 0 Å². The Morgan fingerprint density at radius 2 is 1.56 bits per heavy atom. The molecule has 0 radical (unpaired) electrons. The first-order valence-electron chi connectivity index (χ1n) is 12.6. The molecule has 1 N–H and O–H groups in total. The zero-order chi connectivity index (χ0) is 27.4. The first kappa shape index (κ1) is 26.8. The molecule has 5 rings (SSSR count). The summed E-state index contributed by atoms with van der Waals surface area (Å²) in [6, 6.07) is 31.5. The molecule has 8 heteroatoms. The Bertz CT molecular complexity index is 1670. The van der Waals surface area contributed by atoms with Crippen LogP contribution < -0.4 is 10.9 Å². The molecule has 39 heavy (non-hydrogen) atoms. The number of benzene rings is 4. The standard InChI is InChI=1S/C31H26Br2N4O2/c1-21(29-34-27-13-7-5-11-25(27)30(38)37(29)24-17-15-23(32)16-18-24)36(20-19-22-9-3-2-4-10-22)31(39)35-28-14-8-6-12-26(28)33/h2-18,21H,19-20H2,1H3,(H,35,39). The van der Waals surface area contributed by atoms with Crippen molar-refractivity contribution in [2.45, 2.75) is 19.4 Å². The molecule has 0 bridgehead atoms. The van der Waals surface area contributed by atoms with E-state index < -0.39 is 6.04 Å². The van der Waals surface area contributed by atoms with E-state index in [4.69, 9.17) is 4.98 Å². The summed E-state index contributed by atoms with van der Waals surface area (Å²) in [7, 11) is 0. The summed E-state index contributed by atoms with van der Waals surface area (Å²) in [5.41, 5.74) is 2.86. The number of halogens is 2. The van der Waals surface area contributed by atoms with Crippen LogP contribution in [0.4, 0.5) is 10.5 Å². The number of para-hydroxylation sites is 2. The monoisotopic (exact) mass is 644 g/mol. The lowest BCUT2D eigenvalue weighted by molar-refractivity contribution is 0.190. The van der Waals surface area contributed by atoms with Crippen molar-refractivity contribution in [2.24, 2.45) is 0 Å². The van der Waals surface area contributed by atoms with Crippen molar-refractivity contribution in [1.82, 2.24) is 14.5 Å². The lowest BCUT2D eigenvalue weighted by Gasteiger charge is -2.31. The van der Waals surface area contributed by atoms with E-state index in [1.54, 1.807) is 15.5 Å². The van der Waals surface area contributed by atoms with E-state index in [0.717, 1.165) is 14.5 Å². The predicted octanol–water partition coefficient (Wildman–Crippen LogP) is 7.75. The van der Waals surface area contributed by atoms with E-state index in [9.17, 15) is 9.59 Å². The maximum absolute atomic E-state index is 13.8. The van der Waals surface area contributed by atoms with Gasteiger partial charge >= 0.3 is 6.03 Å². The van der Waals surface area contributed by atoms with Crippen LogP contribution in [0.1, 0.15) is 24.4 Å². The van der Waals surface area contributed by atoms with Crippen molar-refractivity contribution in [3.05, 3.63) is 134 Å². The third-order valence-corrected chi connectivity index (χ3v) is 7.81.